The Morgan fingerprint density at radius 2 is 2.08 bits per heavy atom. The zero-order chi connectivity index (χ0) is 9.14. The van der Waals surface area contributed by atoms with Gasteiger partial charge in [0.1, 0.15) is 0 Å². The van der Waals surface area contributed by atoms with E-state index in [2.05, 4.69) is 0 Å². The summed E-state index contributed by atoms with van der Waals surface area (Å²) < 4.78 is 19.0. The Kier molecular flexibility index (Phi) is 2.67. The Hall–Kier alpha value is -1.07. The molecule has 0 radical (unpaired) electrons. The Balaban J connectivity index is 2.93. The first kappa shape index (κ1) is 9.02. The molecule has 4 nitrogen and oxygen atoms in total. The van der Waals surface area contributed by atoms with Crippen molar-refractivity contribution in [3.63, 3.8) is 0 Å². The van der Waals surface area contributed by atoms with Crippen molar-refractivity contribution in [3.8, 4) is 0 Å². The third-order valence-corrected chi connectivity index (χ3v) is 2.01. The SMILES string of the molecule is Nc1ccc(CS(=O)O)c(N)c1. The number of anilines is 2. The van der Waals surface area contributed by atoms with E-state index < -0.39 is 11.1 Å². The zero-order valence-electron chi connectivity index (χ0n) is 6.36. The Bertz CT molecular complexity index is 314. The number of nitrogen functional groups attached to an aromatic ring is 2. The van der Waals surface area contributed by atoms with Crippen molar-refractivity contribution in [2.75, 3.05) is 11.5 Å². The normalized spacial score (nSPS) is 12.8. The van der Waals surface area contributed by atoms with Gasteiger partial charge in [0, 0.05) is 11.4 Å². The molecule has 0 fully saturated rings. The van der Waals surface area contributed by atoms with Crippen LogP contribution in [0.2, 0.25) is 0 Å². The lowest BCUT2D eigenvalue weighted by molar-refractivity contribution is 0.563. The summed E-state index contributed by atoms with van der Waals surface area (Å²) >= 11 is -1.85. The maximum Gasteiger partial charge on any atom is 0.157 e. The molecule has 0 aliphatic carbocycles. The zero-order valence-corrected chi connectivity index (χ0v) is 7.17. The van der Waals surface area contributed by atoms with Gasteiger partial charge >= 0.3 is 0 Å². The van der Waals surface area contributed by atoms with E-state index in [1.807, 2.05) is 0 Å². The first-order valence-corrected chi connectivity index (χ1v) is 4.58. The molecule has 1 atom stereocenters. The van der Waals surface area contributed by atoms with Gasteiger partial charge in [-0.1, -0.05) is 6.07 Å². The quantitative estimate of drug-likeness (QED) is 0.465. The van der Waals surface area contributed by atoms with Crippen LogP contribution in [0.25, 0.3) is 0 Å². The van der Waals surface area contributed by atoms with Crippen molar-refractivity contribution in [3.05, 3.63) is 23.8 Å². The van der Waals surface area contributed by atoms with Gasteiger partial charge in [0.2, 0.25) is 0 Å². The first-order valence-electron chi connectivity index (χ1n) is 3.31. The van der Waals surface area contributed by atoms with E-state index >= 15 is 0 Å². The van der Waals surface area contributed by atoms with Gasteiger partial charge in [0.15, 0.2) is 11.1 Å². The molecule has 0 aromatic heterocycles. The monoisotopic (exact) mass is 186 g/mol. The van der Waals surface area contributed by atoms with E-state index in [4.69, 9.17) is 16.0 Å². The van der Waals surface area contributed by atoms with Gasteiger partial charge in [0.05, 0.1) is 5.75 Å². The lowest BCUT2D eigenvalue weighted by Gasteiger charge is -2.03. The van der Waals surface area contributed by atoms with Gasteiger partial charge in [-0.15, -0.1) is 0 Å². The number of hydrogen-bond acceptors (Lipinski definition) is 3. The van der Waals surface area contributed by atoms with E-state index in [1.165, 1.54) is 0 Å². The van der Waals surface area contributed by atoms with E-state index in [9.17, 15) is 4.21 Å². The van der Waals surface area contributed by atoms with Crippen LogP contribution in [0.4, 0.5) is 11.4 Å². The largest absolute Gasteiger partial charge is 0.399 e. The standard InChI is InChI=1S/C7H10N2O2S/c8-6-2-1-5(4-12(10)11)7(9)3-6/h1-3H,4,8-9H2,(H,10,11). The summed E-state index contributed by atoms with van der Waals surface area (Å²) in [5.41, 5.74) is 12.6. The maximum atomic E-state index is 10.4. The van der Waals surface area contributed by atoms with Gasteiger partial charge in [0.25, 0.3) is 0 Å². The van der Waals surface area contributed by atoms with Gasteiger partial charge in [-0.05, 0) is 17.7 Å². The predicted molar refractivity (Wildman–Crippen MR) is 49.7 cm³/mol. The maximum absolute atomic E-state index is 10.4. The Labute approximate surface area is 72.9 Å². The van der Waals surface area contributed by atoms with Crippen LogP contribution in [0.1, 0.15) is 5.56 Å². The molecule has 5 heteroatoms. The average Bonchev–Trinajstić information content (AvgIpc) is 1.94. The van der Waals surface area contributed by atoms with Gasteiger partial charge < -0.3 is 16.0 Å². The van der Waals surface area contributed by atoms with Crippen molar-refractivity contribution < 1.29 is 8.76 Å². The van der Waals surface area contributed by atoms with Gasteiger partial charge in [-0.3, -0.25) is 0 Å². The minimum absolute atomic E-state index is 0.0477. The molecule has 0 bridgehead atoms. The number of rotatable bonds is 2. The summed E-state index contributed by atoms with van der Waals surface area (Å²) in [4.78, 5) is 0. The molecular weight excluding hydrogens is 176 g/mol. The molecule has 0 amide bonds. The highest BCUT2D eigenvalue weighted by molar-refractivity contribution is 7.78. The number of hydrogen-bond donors (Lipinski definition) is 3. The van der Waals surface area contributed by atoms with Crippen LogP contribution in [-0.4, -0.2) is 8.76 Å². The lowest BCUT2D eigenvalue weighted by Crippen LogP contribution is -1.99. The lowest BCUT2D eigenvalue weighted by atomic mass is 10.2. The second kappa shape index (κ2) is 3.55. The van der Waals surface area contributed by atoms with E-state index in [0.717, 1.165) is 0 Å². The fraction of sp³-hybridized carbons (Fsp3) is 0.143. The van der Waals surface area contributed by atoms with Crippen molar-refractivity contribution in [1.82, 2.24) is 0 Å². The minimum Gasteiger partial charge on any atom is -0.399 e. The molecule has 1 aromatic rings. The number of nitrogens with two attached hydrogens (primary N) is 2. The summed E-state index contributed by atoms with van der Waals surface area (Å²) in [6, 6.07) is 4.87. The molecule has 0 spiro atoms. The van der Waals surface area contributed by atoms with Crippen molar-refractivity contribution in [1.29, 1.82) is 0 Å². The van der Waals surface area contributed by atoms with Crippen LogP contribution in [0.15, 0.2) is 18.2 Å². The minimum atomic E-state index is -1.85. The summed E-state index contributed by atoms with van der Waals surface area (Å²) in [6.07, 6.45) is 0. The molecule has 0 aliphatic rings. The molecule has 66 valence electrons. The summed E-state index contributed by atoms with van der Waals surface area (Å²) in [7, 11) is 0. The van der Waals surface area contributed by atoms with Crippen molar-refractivity contribution in [2.24, 2.45) is 0 Å². The number of benzene rings is 1. The fourth-order valence-electron chi connectivity index (χ4n) is 0.878. The highest BCUT2D eigenvalue weighted by Crippen LogP contribution is 2.16. The van der Waals surface area contributed by atoms with Crippen LogP contribution < -0.4 is 11.5 Å². The molecule has 5 N–H and O–H groups in total. The molecule has 0 aliphatic heterocycles. The molecule has 0 heterocycles. The molecular formula is C7H10N2O2S. The molecule has 1 rings (SSSR count). The third-order valence-electron chi connectivity index (χ3n) is 1.45. The van der Waals surface area contributed by atoms with Crippen LogP contribution in [-0.2, 0) is 16.8 Å². The molecule has 1 aromatic carbocycles. The van der Waals surface area contributed by atoms with Crippen LogP contribution >= 0.6 is 0 Å². The Morgan fingerprint density at radius 1 is 1.42 bits per heavy atom. The Morgan fingerprint density at radius 3 is 2.58 bits per heavy atom. The van der Waals surface area contributed by atoms with Crippen molar-refractivity contribution in [2.45, 2.75) is 5.75 Å². The summed E-state index contributed by atoms with van der Waals surface area (Å²) in [5.74, 6) is 0.0477. The topological polar surface area (TPSA) is 89.3 Å². The second-order valence-corrected chi connectivity index (χ2v) is 3.36. The smallest absolute Gasteiger partial charge is 0.157 e. The summed E-state index contributed by atoms with van der Waals surface area (Å²) in [5, 5.41) is 0. The average molecular weight is 186 g/mol. The molecule has 12 heavy (non-hydrogen) atoms. The van der Waals surface area contributed by atoms with Crippen LogP contribution in [0, 0.1) is 0 Å². The molecule has 0 saturated carbocycles. The third kappa shape index (κ3) is 2.21. The molecule has 0 saturated heterocycles. The van der Waals surface area contributed by atoms with E-state index in [0.29, 0.717) is 16.9 Å². The van der Waals surface area contributed by atoms with Gasteiger partial charge in [-0.2, -0.15) is 0 Å². The molecule has 1 unspecified atom stereocenters. The van der Waals surface area contributed by atoms with E-state index in [-0.39, 0.29) is 5.75 Å². The summed E-state index contributed by atoms with van der Waals surface area (Å²) in [6.45, 7) is 0. The van der Waals surface area contributed by atoms with Gasteiger partial charge in [-0.25, -0.2) is 4.21 Å². The highest BCUT2D eigenvalue weighted by atomic mass is 32.2. The van der Waals surface area contributed by atoms with Crippen LogP contribution in [0.3, 0.4) is 0 Å². The van der Waals surface area contributed by atoms with Crippen LogP contribution in [0.5, 0.6) is 0 Å². The van der Waals surface area contributed by atoms with Crippen molar-refractivity contribution >= 4 is 22.5 Å². The highest BCUT2D eigenvalue weighted by Gasteiger charge is 2.02. The second-order valence-electron chi connectivity index (χ2n) is 2.42. The predicted octanol–water partition coefficient (Wildman–Crippen LogP) is 0.573. The first-order chi connectivity index (χ1) is 5.59. The van der Waals surface area contributed by atoms with E-state index in [1.54, 1.807) is 18.2 Å². The fourth-order valence-corrected chi connectivity index (χ4v) is 1.41.